The lowest BCUT2D eigenvalue weighted by atomic mass is 10.4. The molecule has 0 heterocycles. The van der Waals surface area contributed by atoms with Gasteiger partial charge in [0.2, 0.25) is 0 Å². The summed E-state index contributed by atoms with van der Waals surface area (Å²) in [4.78, 5) is 10.6. The minimum atomic E-state index is -2.08. The average molecular weight is 278 g/mol. The summed E-state index contributed by atoms with van der Waals surface area (Å²) in [7, 11) is 0. The Hall–Kier alpha value is 0.360. The van der Waals surface area contributed by atoms with Gasteiger partial charge >= 0.3 is 5.97 Å². The summed E-state index contributed by atoms with van der Waals surface area (Å²) in [6.45, 7) is 1.80. The number of ether oxygens (including phenoxy) is 1. The molecule has 5 heteroatoms. The van der Waals surface area contributed by atoms with Gasteiger partial charge in [0.15, 0.2) is 0 Å². The van der Waals surface area contributed by atoms with Crippen LogP contribution in [0, 0.1) is 0 Å². The average Bonchev–Trinajstić information content (AvgIpc) is 1.89. The predicted octanol–water partition coefficient (Wildman–Crippen LogP) is 2.01. The lowest BCUT2D eigenvalue weighted by Crippen LogP contribution is -2.30. The maximum Gasteiger partial charge on any atom is 0.356 e. The standard InChI is InChI=1S/C5H7Br2FO2/c1-2-10-4(9)5(7,8)3-6/h2-3H2,1H3. The third-order valence-electron chi connectivity index (χ3n) is 0.742. The van der Waals surface area contributed by atoms with Gasteiger partial charge in [-0.1, -0.05) is 15.9 Å². The van der Waals surface area contributed by atoms with Gasteiger partial charge < -0.3 is 4.74 Å². The van der Waals surface area contributed by atoms with Crippen LogP contribution in [0.15, 0.2) is 0 Å². The van der Waals surface area contributed by atoms with E-state index in [9.17, 15) is 9.18 Å². The zero-order chi connectivity index (χ0) is 8.20. The predicted molar refractivity (Wildman–Crippen MR) is 43.2 cm³/mol. The van der Waals surface area contributed by atoms with Crippen LogP contribution in [0.2, 0.25) is 0 Å². The third-order valence-corrected chi connectivity index (χ3v) is 2.87. The van der Waals surface area contributed by atoms with Gasteiger partial charge in [0.05, 0.1) is 11.9 Å². The molecule has 0 saturated carbocycles. The second kappa shape index (κ2) is 4.28. The van der Waals surface area contributed by atoms with Crippen molar-refractivity contribution in [2.75, 3.05) is 11.9 Å². The highest BCUT2D eigenvalue weighted by Gasteiger charge is 2.35. The largest absolute Gasteiger partial charge is 0.463 e. The van der Waals surface area contributed by atoms with Gasteiger partial charge in [-0.2, -0.15) is 0 Å². The van der Waals surface area contributed by atoms with Crippen molar-refractivity contribution in [2.45, 2.75) is 11.5 Å². The van der Waals surface area contributed by atoms with Gasteiger partial charge in [0.1, 0.15) is 0 Å². The lowest BCUT2D eigenvalue weighted by Gasteiger charge is -2.12. The maximum atomic E-state index is 12.8. The Labute approximate surface area is 75.4 Å². The normalized spacial score (nSPS) is 16.0. The first kappa shape index (κ1) is 10.4. The van der Waals surface area contributed by atoms with E-state index in [0.717, 1.165) is 0 Å². The van der Waals surface area contributed by atoms with E-state index < -0.39 is 10.5 Å². The first-order chi connectivity index (χ1) is 4.54. The van der Waals surface area contributed by atoms with Crippen molar-refractivity contribution in [1.82, 2.24) is 0 Å². The zero-order valence-corrected chi connectivity index (χ0v) is 8.54. The second-order valence-corrected chi connectivity index (χ2v) is 3.38. The molecule has 60 valence electrons. The van der Waals surface area contributed by atoms with Crippen molar-refractivity contribution in [3.8, 4) is 0 Å². The van der Waals surface area contributed by atoms with E-state index in [-0.39, 0.29) is 11.9 Å². The first-order valence-electron chi connectivity index (χ1n) is 2.65. The molecule has 0 spiro atoms. The molecule has 0 radical (unpaired) electrons. The fourth-order valence-electron chi connectivity index (χ4n) is 0.291. The van der Waals surface area contributed by atoms with Gasteiger partial charge in [0, 0.05) is 0 Å². The maximum absolute atomic E-state index is 12.8. The molecule has 0 bridgehead atoms. The highest BCUT2D eigenvalue weighted by Crippen LogP contribution is 2.23. The molecule has 0 saturated heterocycles. The summed E-state index contributed by atoms with van der Waals surface area (Å²) < 4.78 is 15.1. The molecule has 0 aliphatic heterocycles. The van der Waals surface area contributed by atoms with E-state index in [4.69, 9.17) is 0 Å². The number of carbonyl (C=O) groups excluding carboxylic acids is 1. The Kier molecular flexibility index (Phi) is 4.44. The van der Waals surface area contributed by atoms with Crippen molar-refractivity contribution in [3.05, 3.63) is 0 Å². The van der Waals surface area contributed by atoms with Crippen molar-refractivity contribution in [1.29, 1.82) is 0 Å². The number of hydrogen-bond donors (Lipinski definition) is 0. The van der Waals surface area contributed by atoms with Crippen LogP contribution in [0.4, 0.5) is 4.39 Å². The number of alkyl halides is 3. The third kappa shape index (κ3) is 2.96. The molecule has 0 N–H and O–H groups in total. The Balaban J connectivity index is 3.91. The van der Waals surface area contributed by atoms with Gasteiger partial charge in [-0.3, -0.25) is 0 Å². The summed E-state index contributed by atoms with van der Waals surface area (Å²) >= 11 is 5.38. The van der Waals surface area contributed by atoms with E-state index in [1.54, 1.807) is 6.92 Å². The second-order valence-electron chi connectivity index (χ2n) is 1.56. The van der Waals surface area contributed by atoms with E-state index >= 15 is 0 Å². The number of carbonyl (C=O) groups is 1. The van der Waals surface area contributed by atoms with Crippen molar-refractivity contribution in [2.24, 2.45) is 0 Å². The van der Waals surface area contributed by atoms with E-state index in [1.807, 2.05) is 0 Å². The van der Waals surface area contributed by atoms with E-state index in [0.29, 0.717) is 0 Å². The molecule has 0 aromatic rings. The topological polar surface area (TPSA) is 26.3 Å². The Morgan fingerprint density at radius 2 is 2.30 bits per heavy atom. The lowest BCUT2D eigenvalue weighted by molar-refractivity contribution is -0.149. The van der Waals surface area contributed by atoms with Crippen LogP contribution >= 0.6 is 31.9 Å². The fourth-order valence-corrected chi connectivity index (χ4v) is 0.635. The molecule has 0 aliphatic carbocycles. The van der Waals surface area contributed by atoms with Crippen LogP contribution in [-0.2, 0) is 9.53 Å². The van der Waals surface area contributed by atoms with Crippen molar-refractivity contribution >= 4 is 37.8 Å². The van der Waals surface area contributed by atoms with Gasteiger partial charge in [-0.05, 0) is 22.9 Å². The minimum Gasteiger partial charge on any atom is -0.463 e. The first-order valence-corrected chi connectivity index (χ1v) is 4.57. The highest BCUT2D eigenvalue weighted by molar-refractivity contribution is 9.12. The Morgan fingerprint density at radius 3 is 2.60 bits per heavy atom. The zero-order valence-electron chi connectivity index (χ0n) is 5.36. The number of rotatable bonds is 3. The summed E-state index contributed by atoms with van der Waals surface area (Å²) in [5.74, 6) is -0.896. The molecule has 10 heavy (non-hydrogen) atoms. The quantitative estimate of drug-likeness (QED) is 0.583. The van der Waals surface area contributed by atoms with Crippen molar-refractivity contribution < 1.29 is 13.9 Å². The van der Waals surface area contributed by atoms with E-state index in [2.05, 4.69) is 36.6 Å². The fraction of sp³-hybridized carbons (Fsp3) is 0.800. The summed E-state index contributed by atoms with van der Waals surface area (Å²) in [6.07, 6.45) is 0. The van der Waals surface area contributed by atoms with Crippen LogP contribution in [0.1, 0.15) is 6.92 Å². The molecule has 2 nitrogen and oxygen atoms in total. The van der Waals surface area contributed by atoms with Gasteiger partial charge in [-0.25, -0.2) is 9.18 Å². The van der Waals surface area contributed by atoms with Crippen LogP contribution in [0.3, 0.4) is 0 Å². The molecule has 1 unspecified atom stereocenters. The van der Waals surface area contributed by atoms with Crippen LogP contribution in [0.25, 0.3) is 0 Å². The summed E-state index contributed by atoms with van der Waals surface area (Å²) in [5.41, 5.74) is 0. The van der Waals surface area contributed by atoms with Crippen molar-refractivity contribution in [3.63, 3.8) is 0 Å². The molecule has 1 atom stereocenters. The molecule has 0 aromatic carbocycles. The van der Waals surface area contributed by atoms with Crippen LogP contribution < -0.4 is 0 Å². The summed E-state index contributed by atoms with van der Waals surface area (Å²) in [5, 5.41) is -0.112. The van der Waals surface area contributed by atoms with Crippen LogP contribution in [-0.4, -0.2) is 22.5 Å². The minimum absolute atomic E-state index is 0.112. The van der Waals surface area contributed by atoms with Crippen LogP contribution in [0.5, 0.6) is 0 Å². The molecule has 0 aromatic heterocycles. The SMILES string of the molecule is CCOC(=O)C(F)(Br)CBr. The van der Waals surface area contributed by atoms with Gasteiger partial charge in [-0.15, -0.1) is 0 Å². The number of halogens is 3. The molecule has 0 amide bonds. The molecule has 0 rings (SSSR count). The molecule has 0 aliphatic rings. The number of hydrogen-bond acceptors (Lipinski definition) is 2. The Morgan fingerprint density at radius 1 is 1.80 bits per heavy atom. The molecule has 0 fully saturated rings. The summed E-state index contributed by atoms with van der Waals surface area (Å²) in [6, 6.07) is 0. The number of esters is 1. The molecular weight excluding hydrogens is 271 g/mol. The molecular formula is C5H7Br2FO2. The van der Waals surface area contributed by atoms with Gasteiger partial charge in [0.25, 0.3) is 4.58 Å². The smallest absolute Gasteiger partial charge is 0.356 e. The Bertz CT molecular complexity index is 127. The monoisotopic (exact) mass is 276 g/mol. The van der Waals surface area contributed by atoms with E-state index in [1.165, 1.54) is 0 Å². The highest BCUT2D eigenvalue weighted by atomic mass is 79.9.